The molecule has 0 atom stereocenters. The van der Waals surface area contributed by atoms with E-state index in [1.807, 2.05) is 0 Å². The van der Waals surface area contributed by atoms with E-state index in [0.717, 1.165) is 28.2 Å². The van der Waals surface area contributed by atoms with Gasteiger partial charge in [-0.1, -0.05) is 187 Å². The van der Waals surface area contributed by atoms with Gasteiger partial charge in [-0.15, -0.1) is 0 Å². The van der Waals surface area contributed by atoms with Crippen molar-refractivity contribution in [2.45, 2.75) is 6.92 Å². The molecular formula is C54H39N3Si. The zero-order valence-corrected chi connectivity index (χ0v) is 30.5. The van der Waals surface area contributed by atoms with Gasteiger partial charge in [-0.2, -0.15) is 0 Å². The van der Waals surface area contributed by atoms with E-state index < -0.39 is 301 Å². The second kappa shape index (κ2) is 13.7. The third-order valence-corrected chi connectivity index (χ3v) is 13.5. The maximum absolute atomic E-state index is 10.7. The Hall–Kier alpha value is -7.27. The van der Waals surface area contributed by atoms with Gasteiger partial charge in [0.1, 0.15) is 11.6 Å². The van der Waals surface area contributed by atoms with Crippen LogP contribution < -0.4 is 20.7 Å². The minimum atomic E-state index is -6.47. The molecule has 0 bridgehead atoms. The minimum Gasteiger partial charge on any atom is -0.294 e. The highest BCUT2D eigenvalue weighted by Crippen LogP contribution is 2.36. The summed E-state index contributed by atoms with van der Waals surface area (Å²) in [5.74, 6) is -1.55. The van der Waals surface area contributed by atoms with E-state index in [0.29, 0.717) is 0 Å². The van der Waals surface area contributed by atoms with E-state index in [-0.39, 0.29) is 5.56 Å². The lowest BCUT2D eigenvalue weighted by molar-refractivity contribution is 1.01. The summed E-state index contributed by atoms with van der Waals surface area (Å²) >= 11 is 0. The predicted octanol–water partition coefficient (Wildman–Crippen LogP) is 10.6. The highest BCUT2D eigenvalue weighted by atomic mass is 28.3. The number of aromatic nitrogens is 3. The quantitative estimate of drug-likeness (QED) is 0.116. The lowest BCUT2D eigenvalue weighted by Gasteiger charge is -2.34. The molecule has 58 heavy (non-hydrogen) atoms. The van der Waals surface area contributed by atoms with Crippen molar-refractivity contribution in [1.29, 1.82) is 0 Å². The molecule has 0 spiro atoms. The van der Waals surface area contributed by atoms with Crippen molar-refractivity contribution in [1.82, 2.24) is 14.1 Å². The molecule has 0 saturated heterocycles. The van der Waals surface area contributed by atoms with E-state index in [4.69, 9.17) is 29.7 Å². The molecule has 3 heterocycles. The van der Waals surface area contributed by atoms with Gasteiger partial charge >= 0.3 is 0 Å². The normalized spacial score (nSPS) is 20.1. The van der Waals surface area contributed by atoms with Crippen LogP contribution in [0.4, 0.5) is 0 Å². The molecule has 0 saturated carbocycles. The van der Waals surface area contributed by atoms with Crippen LogP contribution in [0.5, 0.6) is 0 Å². The number of benzene rings is 8. The number of rotatable bonds is 7. The van der Waals surface area contributed by atoms with Gasteiger partial charge in [0.15, 0.2) is 8.07 Å². The summed E-state index contributed by atoms with van der Waals surface area (Å²) in [4.78, 5) is 4.81. The zero-order valence-electron chi connectivity index (χ0n) is 63.5. The van der Waals surface area contributed by atoms with Gasteiger partial charge in [-0.3, -0.25) is 9.13 Å². The van der Waals surface area contributed by atoms with Crippen molar-refractivity contribution in [3.8, 4) is 22.8 Å². The summed E-state index contributed by atoms with van der Waals surface area (Å²) in [6, 6.07) is -34.2. The number of nitrogens with zero attached hydrogens (tertiary/aromatic N) is 3. The Morgan fingerprint density at radius 3 is 1.21 bits per heavy atom. The molecular weight excluding hydrogens is 719 g/mol. The molecule has 11 rings (SSSR count). The second-order valence-electron chi connectivity index (χ2n) is 12.6. The Balaban J connectivity index is 1.49. The molecule has 0 fully saturated rings. The first kappa shape index (κ1) is 14.0. The van der Waals surface area contributed by atoms with Gasteiger partial charge in [0.25, 0.3) is 0 Å². The van der Waals surface area contributed by atoms with Crippen molar-refractivity contribution < 1.29 is 46.6 Å². The van der Waals surface area contributed by atoms with Gasteiger partial charge < -0.3 is 0 Å². The summed E-state index contributed by atoms with van der Waals surface area (Å²) in [7, 11) is -6.47. The van der Waals surface area contributed by atoms with Crippen LogP contribution in [0.2, 0.25) is 0 Å². The number of hydrogen-bond donors (Lipinski definition) is 0. The summed E-state index contributed by atoms with van der Waals surface area (Å²) in [6.07, 6.45) is 0. The fourth-order valence-corrected chi connectivity index (χ4v) is 10.6. The summed E-state index contributed by atoms with van der Waals surface area (Å²) in [6.45, 7) is 1.14. The van der Waals surface area contributed by atoms with Gasteiger partial charge in [0.05, 0.1) is 68.7 Å². The maximum Gasteiger partial charge on any atom is 0.179 e. The summed E-state index contributed by atoms with van der Waals surface area (Å²) < 4.78 is 316. The lowest BCUT2D eigenvalue weighted by atomic mass is 10.1. The first-order valence-electron chi connectivity index (χ1n) is 34.2. The number of pyridine rings is 1. The third-order valence-electron chi connectivity index (χ3n) is 9.49. The number of fused-ring (bicyclic) bond motifs is 6. The summed E-state index contributed by atoms with van der Waals surface area (Å²) in [5.41, 5.74) is -4.65. The average Bonchev–Trinajstić information content (AvgIpc) is 0.793. The third kappa shape index (κ3) is 5.30. The van der Waals surface area contributed by atoms with Crippen molar-refractivity contribution in [2.75, 3.05) is 0 Å². The molecule has 0 aliphatic heterocycles. The topological polar surface area (TPSA) is 22.8 Å². The van der Waals surface area contributed by atoms with Crippen LogP contribution in [0, 0.1) is 6.92 Å². The summed E-state index contributed by atoms with van der Waals surface area (Å²) in [5, 5.41) is -6.74. The van der Waals surface area contributed by atoms with Crippen LogP contribution in [0.1, 0.15) is 52.2 Å². The molecule has 3 aromatic heterocycles. The molecule has 0 aliphatic carbocycles. The largest absolute Gasteiger partial charge is 0.294 e. The molecule has 0 unspecified atom stereocenters. The standard InChI is InChI=1S/C54H39N3Si/c1-38-31-33-43(34-32-38)58(41-18-4-2-5-19-41,42-20-6-3-7-21-42)44-22-16-17-39(35-44)40-36-53(56-49-27-12-8-23-45(49)46-24-9-13-28-50(46)56)55-54(37-40)57-51-29-14-10-25-47(51)48-26-11-15-30-52(48)57/h2-37H,1H3/i2D,3D,4D,5D,6D,7D,8D,9D,10D,11D,12D,13D,14D,15D,16D,17D,18D,19D,20D,21D,22D,23D,24D,25D,26D,27D,28D,29D,30D,31D,32D,33D,34D,35D. The first-order chi connectivity index (χ1) is 42.8. The van der Waals surface area contributed by atoms with Crippen molar-refractivity contribution in [3.63, 3.8) is 0 Å². The molecule has 3 nitrogen and oxygen atoms in total. The second-order valence-corrected chi connectivity index (χ2v) is 16.1. The number of para-hydroxylation sites is 4. The van der Waals surface area contributed by atoms with Crippen LogP contribution in [-0.4, -0.2) is 22.2 Å². The van der Waals surface area contributed by atoms with Crippen LogP contribution in [0.15, 0.2) is 218 Å². The van der Waals surface area contributed by atoms with Gasteiger partial charge in [0, 0.05) is 21.5 Å². The maximum atomic E-state index is 10.7. The van der Waals surface area contributed by atoms with Crippen LogP contribution >= 0.6 is 0 Å². The minimum absolute atomic E-state index is 0.384. The Labute approximate surface area is 386 Å². The van der Waals surface area contributed by atoms with Crippen molar-refractivity contribution in [3.05, 3.63) is 223 Å². The van der Waals surface area contributed by atoms with Crippen molar-refractivity contribution >= 4 is 72.4 Å². The van der Waals surface area contributed by atoms with Crippen LogP contribution in [0.3, 0.4) is 0 Å². The molecule has 11 aromatic rings. The highest BCUT2D eigenvalue weighted by Gasteiger charge is 2.41. The molecule has 0 amide bonds. The molecule has 0 N–H and O–H groups in total. The highest BCUT2D eigenvalue weighted by molar-refractivity contribution is 7.19. The fourth-order valence-electron chi connectivity index (χ4n) is 7.04. The Kier molecular flexibility index (Phi) is 3.31. The van der Waals surface area contributed by atoms with Crippen LogP contribution in [-0.2, 0) is 0 Å². The average molecular weight is 792 g/mol. The Morgan fingerprint density at radius 1 is 0.379 bits per heavy atom. The smallest absolute Gasteiger partial charge is 0.179 e. The van der Waals surface area contributed by atoms with Gasteiger partial charge in [0.2, 0.25) is 0 Å². The van der Waals surface area contributed by atoms with E-state index >= 15 is 0 Å². The first-order valence-corrected chi connectivity index (χ1v) is 19.2. The van der Waals surface area contributed by atoms with E-state index in [1.54, 1.807) is 0 Å². The van der Waals surface area contributed by atoms with Crippen molar-refractivity contribution in [2.24, 2.45) is 0 Å². The van der Waals surface area contributed by atoms with E-state index in [1.165, 1.54) is 0 Å². The monoisotopic (exact) mass is 792 g/mol. The SMILES string of the molecule is [2H]c1c([2H])c([2H])c([Si](c2c([2H])c([2H])c([2H])c([2H])c2[2H])(c2c([2H])c([2H])c(C)c([2H])c2[2H])c2c([2H])c([2H])c([2H])c(-c3cc(-n4c5c([2H])c([2H])c([2H])c([2H])c5c5c([2H])c([2H])c([2H])c([2H])c54)nc(-n4c5c([2H])c([2H])c([2H])c([2H])c5c5c([2H])c([2H])c([2H])c([2H])c54)c3)c2[2H])c([2H])c1[2H]. The molecule has 274 valence electrons. The van der Waals surface area contributed by atoms with Gasteiger partial charge in [-0.05, 0) is 75.1 Å². The number of hydrogen-bond acceptors (Lipinski definition) is 1. The zero-order chi connectivity index (χ0) is 68.2. The van der Waals surface area contributed by atoms with Crippen LogP contribution in [0.25, 0.3) is 66.4 Å². The molecule has 0 radical (unpaired) electrons. The predicted molar refractivity (Wildman–Crippen MR) is 247 cm³/mol. The van der Waals surface area contributed by atoms with E-state index in [9.17, 15) is 21.9 Å². The molecule has 4 heteroatoms. The van der Waals surface area contributed by atoms with E-state index in [2.05, 4.69) is 0 Å². The Bertz CT molecular complexity index is 4720. The molecule has 8 aromatic carbocycles. The fraction of sp³-hybridized carbons (Fsp3) is 0.0185. The lowest BCUT2D eigenvalue weighted by Crippen LogP contribution is -2.74. The Morgan fingerprint density at radius 2 is 0.759 bits per heavy atom. The molecule has 0 aliphatic rings. The van der Waals surface area contributed by atoms with Gasteiger partial charge in [-0.25, -0.2) is 4.98 Å².